The molecule has 2 aromatic rings. The van der Waals surface area contributed by atoms with Gasteiger partial charge in [-0.1, -0.05) is 32.4 Å². The SMILES string of the molecule is CCCCc1ccc(NC(=O)c2ccc(O[C@@H](C)C(=O)O[C@@H](C)CC)cc2)cc1. The second kappa shape index (κ2) is 11.2. The average molecular weight is 398 g/mol. The lowest BCUT2D eigenvalue weighted by atomic mass is 10.1. The fraction of sp³-hybridized carbons (Fsp3) is 0.417. The van der Waals surface area contributed by atoms with E-state index in [4.69, 9.17) is 9.47 Å². The molecule has 0 aliphatic rings. The topological polar surface area (TPSA) is 64.6 Å². The van der Waals surface area contributed by atoms with E-state index < -0.39 is 12.1 Å². The number of rotatable bonds is 10. The summed E-state index contributed by atoms with van der Waals surface area (Å²) >= 11 is 0. The number of carbonyl (C=O) groups excluding carboxylic acids is 2. The van der Waals surface area contributed by atoms with Crippen LogP contribution in [0.25, 0.3) is 0 Å². The lowest BCUT2D eigenvalue weighted by molar-refractivity contribution is -0.155. The molecule has 0 aliphatic heterocycles. The lowest BCUT2D eigenvalue weighted by Gasteiger charge is -2.17. The summed E-state index contributed by atoms with van der Waals surface area (Å²) in [5.41, 5.74) is 2.55. The number of benzene rings is 2. The maximum absolute atomic E-state index is 12.4. The van der Waals surface area contributed by atoms with E-state index in [9.17, 15) is 9.59 Å². The van der Waals surface area contributed by atoms with E-state index in [-0.39, 0.29) is 12.0 Å². The van der Waals surface area contributed by atoms with Crippen LogP contribution in [-0.4, -0.2) is 24.1 Å². The number of aryl methyl sites for hydroxylation is 1. The fourth-order valence-corrected chi connectivity index (χ4v) is 2.65. The Labute approximate surface area is 173 Å². The highest BCUT2D eigenvalue weighted by Crippen LogP contribution is 2.17. The zero-order valence-corrected chi connectivity index (χ0v) is 17.7. The number of anilines is 1. The molecule has 1 N–H and O–H groups in total. The van der Waals surface area contributed by atoms with Crippen molar-refractivity contribution in [1.29, 1.82) is 0 Å². The summed E-state index contributed by atoms with van der Waals surface area (Å²) in [6.45, 7) is 7.62. The molecule has 1 amide bonds. The molecule has 0 bridgehead atoms. The van der Waals surface area contributed by atoms with E-state index in [1.54, 1.807) is 31.2 Å². The summed E-state index contributed by atoms with van der Waals surface area (Å²) in [4.78, 5) is 24.4. The maximum atomic E-state index is 12.4. The standard InChI is InChI=1S/C24H31NO4/c1-5-7-8-19-9-13-21(14-10-19)25-23(26)20-11-15-22(16-12-20)29-18(4)24(27)28-17(3)6-2/h9-18H,5-8H2,1-4H3,(H,25,26)/t17-,18-/m0/s1. The Morgan fingerprint density at radius 3 is 2.21 bits per heavy atom. The summed E-state index contributed by atoms with van der Waals surface area (Å²) in [7, 11) is 0. The van der Waals surface area contributed by atoms with Gasteiger partial charge < -0.3 is 14.8 Å². The molecule has 156 valence electrons. The molecule has 0 aliphatic carbocycles. The second-order valence-electron chi connectivity index (χ2n) is 7.19. The Kier molecular flexibility index (Phi) is 8.71. The Hall–Kier alpha value is -2.82. The summed E-state index contributed by atoms with van der Waals surface area (Å²) in [5.74, 6) is -0.0823. The average Bonchev–Trinajstić information content (AvgIpc) is 2.73. The molecule has 0 fully saturated rings. The highest BCUT2D eigenvalue weighted by atomic mass is 16.6. The van der Waals surface area contributed by atoms with Gasteiger partial charge in [0.05, 0.1) is 6.10 Å². The summed E-state index contributed by atoms with van der Waals surface area (Å²) in [6.07, 6.45) is 3.28. The van der Waals surface area contributed by atoms with Gasteiger partial charge in [-0.3, -0.25) is 4.79 Å². The van der Waals surface area contributed by atoms with Crippen molar-refractivity contribution >= 4 is 17.6 Å². The van der Waals surface area contributed by atoms with E-state index >= 15 is 0 Å². The molecule has 0 spiro atoms. The van der Waals surface area contributed by atoms with E-state index in [1.807, 2.05) is 38.1 Å². The van der Waals surface area contributed by atoms with Crippen LogP contribution in [0.3, 0.4) is 0 Å². The number of amides is 1. The van der Waals surface area contributed by atoms with E-state index in [1.165, 1.54) is 5.56 Å². The van der Waals surface area contributed by atoms with Gasteiger partial charge in [-0.2, -0.15) is 0 Å². The van der Waals surface area contributed by atoms with Crippen LogP contribution in [0.5, 0.6) is 5.75 Å². The van der Waals surface area contributed by atoms with Gasteiger partial charge in [0.2, 0.25) is 0 Å². The zero-order chi connectivity index (χ0) is 21.2. The van der Waals surface area contributed by atoms with Crippen LogP contribution >= 0.6 is 0 Å². The fourth-order valence-electron chi connectivity index (χ4n) is 2.65. The quantitative estimate of drug-likeness (QED) is 0.546. The van der Waals surface area contributed by atoms with Crippen molar-refractivity contribution in [2.75, 3.05) is 5.32 Å². The van der Waals surface area contributed by atoms with Crippen molar-refractivity contribution in [2.24, 2.45) is 0 Å². The number of nitrogens with one attached hydrogen (secondary N) is 1. The molecule has 0 saturated carbocycles. The number of hydrogen-bond donors (Lipinski definition) is 1. The Bertz CT molecular complexity index is 784. The minimum Gasteiger partial charge on any atom is -0.479 e. The molecule has 5 nitrogen and oxygen atoms in total. The third-order valence-electron chi connectivity index (χ3n) is 4.68. The summed E-state index contributed by atoms with van der Waals surface area (Å²) in [6, 6.07) is 14.6. The Morgan fingerprint density at radius 1 is 0.966 bits per heavy atom. The molecule has 0 aromatic heterocycles. The van der Waals surface area contributed by atoms with Gasteiger partial charge in [-0.15, -0.1) is 0 Å². The van der Waals surface area contributed by atoms with Gasteiger partial charge >= 0.3 is 5.97 Å². The van der Waals surface area contributed by atoms with Gasteiger partial charge in [-0.05, 0) is 75.1 Å². The van der Waals surface area contributed by atoms with Crippen LogP contribution in [-0.2, 0) is 16.0 Å². The zero-order valence-electron chi connectivity index (χ0n) is 17.7. The first-order valence-electron chi connectivity index (χ1n) is 10.3. The minimum absolute atomic E-state index is 0.139. The van der Waals surface area contributed by atoms with Crippen LogP contribution in [0.4, 0.5) is 5.69 Å². The van der Waals surface area contributed by atoms with Crippen molar-refractivity contribution in [1.82, 2.24) is 0 Å². The lowest BCUT2D eigenvalue weighted by Crippen LogP contribution is -2.29. The molecule has 0 unspecified atom stereocenters. The molecule has 0 radical (unpaired) electrons. The molecular weight excluding hydrogens is 366 g/mol. The smallest absolute Gasteiger partial charge is 0.347 e. The number of carbonyl (C=O) groups is 2. The molecule has 5 heteroatoms. The van der Waals surface area contributed by atoms with E-state index in [2.05, 4.69) is 12.2 Å². The van der Waals surface area contributed by atoms with E-state index in [0.29, 0.717) is 11.3 Å². The predicted molar refractivity (Wildman–Crippen MR) is 115 cm³/mol. The van der Waals surface area contributed by atoms with Gasteiger partial charge in [-0.25, -0.2) is 4.79 Å². The molecule has 0 heterocycles. The van der Waals surface area contributed by atoms with Gasteiger partial charge in [0.1, 0.15) is 5.75 Å². The van der Waals surface area contributed by atoms with Gasteiger partial charge in [0, 0.05) is 11.3 Å². The first-order valence-corrected chi connectivity index (χ1v) is 10.3. The number of ether oxygens (including phenoxy) is 2. The van der Waals surface area contributed by atoms with Gasteiger partial charge in [0.25, 0.3) is 5.91 Å². The number of unbranched alkanes of at least 4 members (excludes halogenated alkanes) is 1. The van der Waals surface area contributed by atoms with Crippen LogP contribution in [0, 0.1) is 0 Å². The highest BCUT2D eigenvalue weighted by molar-refractivity contribution is 6.04. The first-order chi connectivity index (χ1) is 13.9. The summed E-state index contributed by atoms with van der Waals surface area (Å²) in [5, 5.41) is 2.89. The highest BCUT2D eigenvalue weighted by Gasteiger charge is 2.18. The minimum atomic E-state index is -0.713. The Balaban J connectivity index is 1.90. The molecule has 2 atom stereocenters. The number of esters is 1. The number of hydrogen-bond acceptors (Lipinski definition) is 4. The van der Waals surface area contributed by atoms with Crippen LogP contribution in [0.15, 0.2) is 48.5 Å². The third kappa shape index (κ3) is 7.26. The van der Waals surface area contributed by atoms with Crippen molar-refractivity contribution < 1.29 is 19.1 Å². The van der Waals surface area contributed by atoms with Crippen molar-refractivity contribution in [3.05, 3.63) is 59.7 Å². The third-order valence-corrected chi connectivity index (χ3v) is 4.68. The molecule has 29 heavy (non-hydrogen) atoms. The predicted octanol–water partition coefficient (Wildman–Crippen LogP) is 5.39. The normalized spacial score (nSPS) is 12.7. The van der Waals surface area contributed by atoms with E-state index in [0.717, 1.165) is 31.4 Å². The Morgan fingerprint density at radius 2 is 1.62 bits per heavy atom. The molecule has 0 saturated heterocycles. The van der Waals surface area contributed by atoms with Crippen molar-refractivity contribution in [2.45, 2.75) is 65.6 Å². The molecule has 2 aromatic carbocycles. The van der Waals surface area contributed by atoms with Crippen LogP contribution in [0.1, 0.15) is 62.9 Å². The van der Waals surface area contributed by atoms with Gasteiger partial charge in [0.15, 0.2) is 6.10 Å². The van der Waals surface area contributed by atoms with Crippen molar-refractivity contribution in [3.63, 3.8) is 0 Å². The maximum Gasteiger partial charge on any atom is 0.347 e. The summed E-state index contributed by atoms with van der Waals surface area (Å²) < 4.78 is 10.9. The van der Waals surface area contributed by atoms with Crippen molar-refractivity contribution in [3.8, 4) is 5.75 Å². The molecule has 2 rings (SSSR count). The largest absolute Gasteiger partial charge is 0.479 e. The van der Waals surface area contributed by atoms with Crippen LogP contribution < -0.4 is 10.1 Å². The van der Waals surface area contributed by atoms with Crippen LogP contribution in [0.2, 0.25) is 0 Å². The second-order valence-corrected chi connectivity index (χ2v) is 7.19. The monoisotopic (exact) mass is 397 g/mol. The molecular formula is C24H31NO4. The first kappa shape index (κ1) is 22.5.